The first-order valence-electron chi connectivity index (χ1n) is 6.75. The van der Waals surface area contributed by atoms with Gasteiger partial charge in [-0.1, -0.05) is 24.2 Å². The molecule has 2 rings (SSSR count). The number of nitrogens with one attached hydrogen (secondary N) is 2. The van der Waals surface area contributed by atoms with Crippen molar-refractivity contribution >= 4 is 28.2 Å². The number of hydrogen-bond acceptors (Lipinski definition) is 5. The van der Waals surface area contributed by atoms with E-state index in [2.05, 4.69) is 22.5 Å². The highest BCUT2D eigenvalue weighted by Crippen LogP contribution is 2.31. The highest BCUT2D eigenvalue weighted by molar-refractivity contribution is 7.18. The lowest BCUT2D eigenvalue weighted by molar-refractivity contribution is 0.0913. The first-order valence-corrected chi connectivity index (χ1v) is 7.57. The van der Waals surface area contributed by atoms with Crippen LogP contribution in [0.3, 0.4) is 0 Å². The van der Waals surface area contributed by atoms with Crippen molar-refractivity contribution in [2.75, 3.05) is 11.1 Å². The van der Waals surface area contributed by atoms with E-state index in [1.807, 2.05) is 13.8 Å². The van der Waals surface area contributed by atoms with E-state index in [-0.39, 0.29) is 17.5 Å². The smallest absolute Gasteiger partial charge is 0.265 e. The van der Waals surface area contributed by atoms with Gasteiger partial charge >= 0.3 is 0 Å². The molecular formula is C13H22N4OS. The molecule has 0 unspecified atom stereocenters. The Morgan fingerprint density at radius 3 is 2.63 bits per heavy atom. The Morgan fingerprint density at radius 2 is 2.05 bits per heavy atom. The molecule has 0 saturated heterocycles. The summed E-state index contributed by atoms with van der Waals surface area (Å²) in [4.78, 5) is 17.0. The topological polar surface area (TPSA) is 80.0 Å². The van der Waals surface area contributed by atoms with E-state index < -0.39 is 0 Å². The summed E-state index contributed by atoms with van der Waals surface area (Å²) in [7, 11) is 0. The summed E-state index contributed by atoms with van der Waals surface area (Å²) in [5.41, 5.74) is 5.75. The van der Waals surface area contributed by atoms with Crippen molar-refractivity contribution in [2.24, 2.45) is 0 Å². The van der Waals surface area contributed by atoms with Crippen LogP contribution in [0.25, 0.3) is 0 Å². The first-order chi connectivity index (χ1) is 8.89. The number of amides is 1. The normalized spacial score (nSPS) is 17.7. The van der Waals surface area contributed by atoms with Gasteiger partial charge < -0.3 is 16.4 Å². The van der Waals surface area contributed by atoms with Crippen LogP contribution in [0, 0.1) is 0 Å². The van der Waals surface area contributed by atoms with Crippen molar-refractivity contribution < 1.29 is 4.79 Å². The van der Waals surface area contributed by atoms with E-state index >= 15 is 0 Å². The SMILES string of the molecule is CC(C)Nc1nc(N)c(C(=O)NC2(C)CCCC2)s1. The van der Waals surface area contributed by atoms with Gasteiger partial charge in [-0.3, -0.25) is 4.79 Å². The molecule has 4 N–H and O–H groups in total. The summed E-state index contributed by atoms with van der Waals surface area (Å²) < 4.78 is 0. The average Bonchev–Trinajstić information content (AvgIpc) is 2.84. The van der Waals surface area contributed by atoms with E-state index in [1.165, 1.54) is 24.2 Å². The predicted octanol–water partition coefficient (Wildman–Crippen LogP) is 2.61. The lowest BCUT2D eigenvalue weighted by atomic mass is 10.0. The molecule has 0 spiro atoms. The molecule has 1 aliphatic carbocycles. The van der Waals surface area contributed by atoms with E-state index in [1.54, 1.807) is 0 Å². The maximum Gasteiger partial charge on any atom is 0.265 e. The van der Waals surface area contributed by atoms with Crippen LogP contribution in [0.1, 0.15) is 56.1 Å². The predicted molar refractivity (Wildman–Crippen MR) is 79.6 cm³/mol. The van der Waals surface area contributed by atoms with Gasteiger partial charge in [-0.15, -0.1) is 0 Å². The number of nitrogen functional groups attached to an aromatic ring is 1. The molecule has 1 fully saturated rings. The number of carbonyl (C=O) groups excluding carboxylic acids is 1. The molecule has 1 aromatic rings. The number of nitrogens with zero attached hydrogens (tertiary/aromatic N) is 1. The Balaban J connectivity index is 2.08. The largest absolute Gasteiger partial charge is 0.382 e. The van der Waals surface area contributed by atoms with Gasteiger partial charge in [0.2, 0.25) is 0 Å². The van der Waals surface area contributed by atoms with E-state index in [0.29, 0.717) is 15.8 Å². The number of nitrogens with two attached hydrogens (primary N) is 1. The first kappa shape index (κ1) is 14.1. The third-order valence-corrected chi connectivity index (χ3v) is 4.40. The quantitative estimate of drug-likeness (QED) is 0.793. The highest BCUT2D eigenvalue weighted by atomic mass is 32.1. The minimum atomic E-state index is -0.101. The van der Waals surface area contributed by atoms with Crippen molar-refractivity contribution in [1.82, 2.24) is 10.3 Å². The zero-order chi connectivity index (χ0) is 14.0. The molecule has 1 amide bonds. The van der Waals surface area contributed by atoms with Crippen LogP contribution in [0.15, 0.2) is 0 Å². The van der Waals surface area contributed by atoms with Gasteiger partial charge in [0.1, 0.15) is 10.7 Å². The summed E-state index contributed by atoms with van der Waals surface area (Å²) in [6.07, 6.45) is 4.42. The molecule has 0 radical (unpaired) electrons. The Morgan fingerprint density at radius 1 is 1.42 bits per heavy atom. The van der Waals surface area contributed by atoms with E-state index in [0.717, 1.165) is 12.8 Å². The number of anilines is 2. The van der Waals surface area contributed by atoms with Crippen molar-refractivity contribution in [3.63, 3.8) is 0 Å². The maximum absolute atomic E-state index is 12.3. The van der Waals surface area contributed by atoms with Gasteiger partial charge in [0.05, 0.1) is 0 Å². The summed E-state index contributed by atoms with van der Waals surface area (Å²) >= 11 is 1.32. The second-order valence-electron chi connectivity index (χ2n) is 5.75. The van der Waals surface area contributed by atoms with Crippen LogP contribution in [0.2, 0.25) is 0 Å². The lowest BCUT2D eigenvalue weighted by Gasteiger charge is -2.24. The summed E-state index contributed by atoms with van der Waals surface area (Å²) in [6, 6.07) is 0.272. The monoisotopic (exact) mass is 282 g/mol. The molecule has 6 heteroatoms. The van der Waals surface area contributed by atoms with Gasteiger partial charge in [0, 0.05) is 11.6 Å². The van der Waals surface area contributed by atoms with Gasteiger partial charge in [0.25, 0.3) is 5.91 Å². The molecule has 5 nitrogen and oxygen atoms in total. The molecule has 1 aromatic heterocycles. The Labute approximate surface area is 118 Å². The number of thiazole rings is 1. The minimum absolute atomic E-state index is 0.0842. The third-order valence-electron chi connectivity index (χ3n) is 3.39. The third kappa shape index (κ3) is 3.37. The Kier molecular flexibility index (Phi) is 3.99. The summed E-state index contributed by atoms with van der Waals surface area (Å²) in [6.45, 7) is 6.15. The van der Waals surface area contributed by atoms with Crippen molar-refractivity contribution in [3.05, 3.63) is 4.88 Å². The summed E-state index contributed by atoms with van der Waals surface area (Å²) in [5.74, 6) is 0.212. The molecule has 0 aromatic carbocycles. The van der Waals surface area contributed by atoms with Crippen LogP contribution in [-0.2, 0) is 0 Å². The van der Waals surface area contributed by atoms with Gasteiger partial charge in [0.15, 0.2) is 5.13 Å². The number of aromatic nitrogens is 1. The van der Waals surface area contributed by atoms with Crippen molar-refractivity contribution in [2.45, 2.75) is 58.0 Å². The molecular weight excluding hydrogens is 260 g/mol. The molecule has 0 bridgehead atoms. The van der Waals surface area contributed by atoms with Crippen LogP contribution in [-0.4, -0.2) is 22.5 Å². The zero-order valence-electron chi connectivity index (χ0n) is 11.7. The molecule has 1 saturated carbocycles. The second kappa shape index (κ2) is 5.36. The van der Waals surface area contributed by atoms with Crippen molar-refractivity contribution in [3.8, 4) is 0 Å². The molecule has 106 valence electrons. The zero-order valence-corrected chi connectivity index (χ0v) is 12.6. The van der Waals surface area contributed by atoms with E-state index in [9.17, 15) is 4.79 Å². The standard InChI is InChI=1S/C13H22N4OS/c1-8(2)15-12-16-10(14)9(19-12)11(18)17-13(3)6-4-5-7-13/h8H,4-7,14H2,1-3H3,(H,15,16)(H,17,18). The van der Waals surface area contributed by atoms with Crippen LogP contribution >= 0.6 is 11.3 Å². The average molecular weight is 282 g/mol. The van der Waals surface area contributed by atoms with Crippen molar-refractivity contribution in [1.29, 1.82) is 0 Å². The molecule has 0 atom stereocenters. The minimum Gasteiger partial charge on any atom is -0.382 e. The number of rotatable bonds is 4. The summed E-state index contributed by atoms with van der Waals surface area (Å²) in [5, 5.41) is 6.98. The lowest BCUT2D eigenvalue weighted by Crippen LogP contribution is -2.43. The Bertz CT molecular complexity index is 463. The van der Waals surface area contributed by atoms with Gasteiger partial charge in [-0.25, -0.2) is 4.98 Å². The van der Waals surface area contributed by atoms with Gasteiger partial charge in [-0.2, -0.15) is 0 Å². The molecule has 19 heavy (non-hydrogen) atoms. The fraction of sp³-hybridized carbons (Fsp3) is 0.692. The van der Waals surface area contributed by atoms with Crippen LogP contribution in [0.5, 0.6) is 0 Å². The fourth-order valence-corrected chi connectivity index (χ4v) is 3.34. The molecule has 1 aliphatic rings. The van der Waals surface area contributed by atoms with Crippen LogP contribution < -0.4 is 16.4 Å². The highest BCUT2D eigenvalue weighted by Gasteiger charge is 2.31. The fourth-order valence-electron chi connectivity index (χ4n) is 2.41. The molecule has 1 heterocycles. The van der Waals surface area contributed by atoms with Gasteiger partial charge in [-0.05, 0) is 33.6 Å². The molecule has 0 aliphatic heterocycles. The number of hydrogen-bond donors (Lipinski definition) is 3. The van der Waals surface area contributed by atoms with Crippen LogP contribution in [0.4, 0.5) is 10.9 Å². The van der Waals surface area contributed by atoms with E-state index in [4.69, 9.17) is 5.73 Å². The number of carbonyl (C=O) groups is 1. The second-order valence-corrected chi connectivity index (χ2v) is 6.75. The maximum atomic E-state index is 12.3. The Hall–Kier alpha value is -1.30.